The number of nitrogens with zero attached hydrogens (tertiary/aromatic N) is 1. The first-order chi connectivity index (χ1) is 9.16. The van der Waals surface area contributed by atoms with Gasteiger partial charge in [0.1, 0.15) is 0 Å². The number of likely N-dealkylation sites (N-methyl/N-ethyl adjacent to an activating group) is 1. The summed E-state index contributed by atoms with van der Waals surface area (Å²) in [5, 5.41) is 3.19. The van der Waals surface area contributed by atoms with Crippen LogP contribution in [-0.4, -0.2) is 25.5 Å². The third kappa shape index (κ3) is 3.98. The van der Waals surface area contributed by atoms with Crippen LogP contribution in [0.15, 0.2) is 30.3 Å². The molecule has 2 rings (SSSR count). The number of benzene rings is 1. The molecule has 0 aliphatic heterocycles. The highest BCUT2D eigenvalue weighted by molar-refractivity contribution is 5.81. The Bertz CT molecular complexity index is 404. The monoisotopic (exact) mass is 260 g/mol. The fourth-order valence-corrected chi connectivity index (χ4v) is 2.77. The molecule has 0 bridgehead atoms. The smallest absolute Gasteiger partial charge is 0.239 e. The molecule has 1 saturated carbocycles. The third-order valence-electron chi connectivity index (χ3n) is 4.04. The quantitative estimate of drug-likeness (QED) is 0.903. The number of carbonyl (C=O) groups excluding carboxylic acids is 1. The first-order valence-electron chi connectivity index (χ1n) is 7.22. The minimum atomic E-state index is 0.130. The third-order valence-corrected chi connectivity index (χ3v) is 4.04. The number of nitrogens with one attached hydrogen (secondary N) is 1. The van der Waals surface area contributed by atoms with E-state index >= 15 is 0 Å². The van der Waals surface area contributed by atoms with Gasteiger partial charge in [-0.05, 0) is 30.9 Å². The van der Waals surface area contributed by atoms with Crippen LogP contribution in [0.3, 0.4) is 0 Å². The molecule has 1 N–H and O–H groups in total. The summed E-state index contributed by atoms with van der Waals surface area (Å²) in [5.41, 5.74) is 1.08. The normalized spacial score (nSPS) is 22.8. The molecule has 2 atom stereocenters. The Morgan fingerprint density at radius 3 is 2.63 bits per heavy atom. The summed E-state index contributed by atoms with van der Waals surface area (Å²) in [4.78, 5) is 14.1. The average Bonchev–Trinajstić information content (AvgIpc) is 2.42. The maximum atomic E-state index is 12.1. The van der Waals surface area contributed by atoms with Crippen LogP contribution in [0.4, 0.5) is 5.69 Å². The van der Waals surface area contributed by atoms with E-state index in [1.165, 1.54) is 19.3 Å². The summed E-state index contributed by atoms with van der Waals surface area (Å²) in [6.45, 7) is 2.66. The lowest BCUT2D eigenvalue weighted by molar-refractivity contribution is -0.121. The molecule has 1 amide bonds. The second-order valence-electron chi connectivity index (χ2n) is 5.63. The predicted octanol–water partition coefficient (Wildman–Crippen LogP) is 2.82. The Hall–Kier alpha value is -1.51. The van der Waals surface area contributed by atoms with Crippen LogP contribution in [0, 0.1) is 5.92 Å². The Morgan fingerprint density at radius 2 is 1.95 bits per heavy atom. The molecular formula is C16H24N2O. The number of anilines is 1. The van der Waals surface area contributed by atoms with Gasteiger partial charge in [0.15, 0.2) is 0 Å². The van der Waals surface area contributed by atoms with Crippen molar-refractivity contribution in [3.05, 3.63) is 30.3 Å². The van der Waals surface area contributed by atoms with Gasteiger partial charge in [0, 0.05) is 18.8 Å². The number of carbonyl (C=O) groups is 1. The molecule has 3 nitrogen and oxygen atoms in total. The first kappa shape index (κ1) is 13.9. The molecule has 0 heterocycles. The molecule has 1 aromatic rings. The van der Waals surface area contributed by atoms with Gasteiger partial charge in [0.2, 0.25) is 5.91 Å². The lowest BCUT2D eigenvalue weighted by atomic mass is 9.86. The fourth-order valence-electron chi connectivity index (χ4n) is 2.77. The molecule has 0 saturated heterocycles. The van der Waals surface area contributed by atoms with Crippen molar-refractivity contribution in [3.8, 4) is 0 Å². The second kappa shape index (κ2) is 6.60. The van der Waals surface area contributed by atoms with Gasteiger partial charge in [-0.3, -0.25) is 4.79 Å². The highest BCUT2D eigenvalue weighted by Gasteiger charge is 2.22. The van der Waals surface area contributed by atoms with E-state index < -0.39 is 0 Å². The molecule has 1 aliphatic rings. The predicted molar refractivity (Wildman–Crippen MR) is 79.3 cm³/mol. The van der Waals surface area contributed by atoms with Crippen LogP contribution in [0.25, 0.3) is 0 Å². The van der Waals surface area contributed by atoms with Gasteiger partial charge in [-0.15, -0.1) is 0 Å². The lowest BCUT2D eigenvalue weighted by Gasteiger charge is -2.30. The van der Waals surface area contributed by atoms with Crippen LogP contribution in [0.2, 0.25) is 0 Å². The van der Waals surface area contributed by atoms with E-state index in [1.54, 1.807) is 0 Å². The molecule has 0 unspecified atom stereocenters. The van der Waals surface area contributed by atoms with E-state index in [2.05, 4.69) is 12.2 Å². The number of amides is 1. The molecule has 104 valence electrons. The van der Waals surface area contributed by atoms with Crippen molar-refractivity contribution in [3.63, 3.8) is 0 Å². The van der Waals surface area contributed by atoms with Crippen LogP contribution >= 0.6 is 0 Å². The number of hydrogen-bond donors (Lipinski definition) is 1. The van der Waals surface area contributed by atoms with Crippen molar-refractivity contribution in [2.45, 2.75) is 38.6 Å². The van der Waals surface area contributed by atoms with Gasteiger partial charge in [0.25, 0.3) is 0 Å². The molecule has 1 aliphatic carbocycles. The minimum absolute atomic E-state index is 0.130. The van der Waals surface area contributed by atoms with Crippen molar-refractivity contribution < 1.29 is 4.79 Å². The highest BCUT2D eigenvalue weighted by Crippen LogP contribution is 2.23. The van der Waals surface area contributed by atoms with Gasteiger partial charge < -0.3 is 10.2 Å². The van der Waals surface area contributed by atoms with Gasteiger partial charge in [-0.1, -0.05) is 38.0 Å². The van der Waals surface area contributed by atoms with Crippen molar-refractivity contribution in [1.29, 1.82) is 0 Å². The van der Waals surface area contributed by atoms with Gasteiger partial charge >= 0.3 is 0 Å². The Morgan fingerprint density at radius 1 is 1.26 bits per heavy atom. The SMILES string of the molecule is C[C@@H]1CCCC[C@@H]1NC(=O)CN(C)c1ccccc1. The maximum absolute atomic E-state index is 12.1. The van der Waals surface area contributed by atoms with E-state index in [1.807, 2.05) is 42.3 Å². The minimum Gasteiger partial charge on any atom is -0.365 e. The zero-order valence-corrected chi connectivity index (χ0v) is 11.9. The lowest BCUT2D eigenvalue weighted by Crippen LogP contribution is -2.45. The van der Waals surface area contributed by atoms with Crippen LogP contribution in [0.1, 0.15) is 32.6 Å². The Balaban J connectivity index is 1.84. The fraction of sp³-hybridized carbons (Fsp3) is 0.562. The first-order valence-corrected chi connectivity index (χ1v) is 7.22. The van der Waals surface area contributed by atoms with E-state index in [-0.39, 0.29) is 5.91 Å². The van der Waals surface area contributed by atoms with Crippen molar-refractivity contribution >= 4 is 11.6 Å². The second-order valence-corrected chi connectivity index (χ2v) is 5.63. The molecule has 19 heavy (non-hydrogen) atoms. The standard InChI is InChI=1S/C16H24N2O/c1-13-8-6-7-11-15(13)17-16(19)12-18(2)14-9-4-3-5-10-14/h3-5,9-10,13,15H,6-8,11-12H2,1-2H3,(H,17,19)/t13-,15+/m1/s1. The van der Waals surface area contributed by atoms with Crippen LogP contribution < -0.4 is 10.2 Å². The summed E-state index contributed by atoms with van der Waals surface area (Å²) in [7, 11) is 1.96. The topological polar surface area (TPSA) is 32.3 Å². The Labute approximate surface area is 116 Å². The molecule has 1 aromatic carbocycles. The molecular weight excluding hydrogens is 236 g/mol. The van der Waals surface area contributed by atoms with E-state index in [0.717, 1.165) is 12.1 Å². The summed E-state index contributed by atoms with van der Waals surface area (Å²) in [6, 6.07) is 10.4. The summed E-state index contributed by atoms with van der Waals surface area (Å²) < 4.78 is 0. The summed E-state index contributed by atoms with van der Waals surface area (Å²) in [6.07, 6.45) is 4.91. The number of para-hydroxylation sites is 1. The molecule has 0 spiro atoms. The number of hydrogen-bond acceptors (Lipinski definition) is 2. The van der Waals surface area contributed by atoms with Crippen LogP contribution in [0.5, 0.6) is 0 Å². The zero-order chi connectivity index (χ0) is 13.7. The number of rotatable bonds is 4. The van der Waals surface area contributed by atoms with Gasteiger partial charge in [-0.2, -0.15) is 0 Å². The molecule has 1 fully saturated rings. The van der Waals surface area contributed by atoms with E-state index in [0.29, 0.717) is 18.5 Å². The summed E-state index contributed by atoms with van der Waals surface area (Å²) in [5.74, 6) is 0.741. The highest BCUT2D eigenvalue weighted by atomic mass is 16.2. The van der Waals surface area contributed by atoms with E-state index in [9.17, 15) is 4.79 Å². The van der Waals surface area contributed by atoms with Gasteiger partial charge in [0.05, 0.1) is 6.54 Å². The maximum Gasteiger partial charge on any atom is 0.239 e. The average molecular weight is 260 g/mol. The largest absolute Gasteiger partial charge is 0.365 e. The summed E-state index contributed by atoms with van der Waals surface area (Å²) >= 11 is 0. The molecule has 0 radical (unpaired) electrons. The van der Waals surface area contributed by atoms with Gasteiger partial charge in [-0.25, -0.2) is 0 Å². The van der Waals surface area contributed by atoms with Crippen molar-refractivity contribution in [2.75, 3.05) is 18.5 Å². The van der Waals surface area contributed by atoms with E-state index in [4.69, 9.17) is 0 Å². The van der Waals surface area contributed by atoms with Crippen molar-refractivity contribution in [2.24, 2.45) is 5.92 Å². The molecule has 3 heteroatoms. The zero-order valence-electron chi connectivity index (χ0n) is 11.9. The molecule has 0 aromatic heterocycles. The Kier molecular flexibility index (Phi) is 4.83. The van der Waals surface area contributed by atoms with Crippen molar-refractivity contribution in [1.82, 2.24) is 5.32 Å². The van der Waals surface area contributed by atoms with Crippen LogP contribution in [-0.2, 0) is 4.79 Å².